The van der Waals surface area contributed by atoms with Gasteiger partial charge >= 0.3 is 0 Å². The zero-order valence-electron chi connectivity index (χ0n) is 4.76. The Hall–Kier alpha value is -0.990. The van der Waals surface area contributed by atoms with Crippen LogP contribution < -0.4 is 5.32 Å². The zero-order chi connectivity index (χ0) is 5.98. The minimum Gasteiger partial charge on any atom is -0.372 e. The fourth-order valence-corrected chi connectivity index (χ4v) is 0.489. The summed E-state index contributed by atoms with van der Waals surface area (Å²) in [5, 5.41) is 2.88. The Bertz CT molecular complexity index is 168. The fraction of sp³-hybridized carbons (Fsp3) is 0.200. The Balaban J connectivity index is 2.84. The van der Waals surface area contributed by atoms with Crippen LogP contribution in [0, 0.1) is 7.05 Å². The summed E-state index contributed by atoms with van der Waals surface area (Å²) in [7, 11) is 5.43. The van der Waals surface area contributed by atoms with E-state index in [4.69, 9.17) is 0 Å². The van der Waals surface area contributed by atoms with Crippen molar-refractivity contribution in [1.29, 1.82) is 0 Å². The number of imidazole rings is 1. The molecular formula is C5H8N3. The van der Waals surface area contributed by atoms with E-state index in [2.05, 4.69) is 17.3 Å². The highest BCUT2D eigenvalue weighted by Crippen LogP contribution is 1.97. The maximum atomic E-state index is 3.92. The molecule has 8 heavy (non-hydrogen) atoms. The second-order valence-electron chi connectivity index (χ2n) is 1.52. The van der Waals surface area contributed by atoms with Gasteiger partial charge in [0.15, 0.2) is 0 Å². The van der Waals surface area contributed by atoms with Gasteiger partial charge in [-0.15, -0.1) is 0 Å². The lowest BCUT2D eigenvalue weighted by Gasteiger charge is -1.86. The summed E-state index contributed by atoms with van der Waals surface area (Å²) in [5.74, 6) is 0.847. The highest BCUT2D eigenvalue weighted by atomic mass is 15.1. The summed E-state index contributed by atoms with van der Waals surface area (Å²) in [4.78, 5) is 3.92. The van der Waals surface area contributed by atoms with Gasteiger partial charge in [0.1, 0.15) is 5.82 Å². The molecule has 0 aromatic carbocycles. The molecule has 3 nitrogen and oxygen atoms in total. The minimum atomic E-state index is 0.847. The van der Waals surface area contributed by atoms with E-state index < -0.39 is 0 Å². The van der Waals surface area contributed by atoms with Crippen molar-refractivity contribution in [3.63, 3.8) is 0 Å². The van der Waals surface area contributed by atoms with Crippen molar-refractivity contribution in [2.24, 2.45) is 0 Å². The lowest BCUT2D eigenvalue weighted by atomic mass is 10.7. The molecule has 0 aliphatic heterocycles. The second-order valence-corrected chi connectivity index (χ2v) is 1.52. The normalized spacial score (nSPS) is 9.25. The molecule has 0 aliphatic carbocycles. The number of anilines is 1. The SMILES string of the molecule is [CH2]n1cnc(NC)c1. The Morgan fingerprint density at radius 3 is 2.88 bits per heavy atom. The highest BCUT2D eigenvalue weighted by Gasteiger charge is 1.87. The third kappa shape index (κ3) is 0.804. The largest absolute Gasteiger partial charge is 0.372 e. The monoisotopic (exact) mass is 110 g/mol. The van der Waals surface area contributed by atoms with Gasteiger partial charge in [-0.1, -0.05) is 0 Å². The maximum absolute atomic E-state index is 3.92. The van der Waals surface area contributed by atoms with Crippen LogP contribution >= 0.6 is 0 Å². The van der Waals surface area contributed by atoms with E-state index in [0.29, 0.717) is 0 Å². The van der Waals surface area contributed by atoms with Crippen molar-refractivity contribution in [1.82, 2.24) is 9.55 Å². The molecule has 3 heteroatoms. The van der Waals surface area contributed by atoms with Gasteiger partial charge < -0.3 is 9.88 Å². The summed E-state index contributed by atoms with van der Waals surface area (Å²) < 4.78 is 1.64. The third-order valence-corrected chi connectivity index (χ3v) is 0.889. The van der Waals surface area contributed by atoms with Crippen LogP contribution in [0.1, 0.15) is 0 Å². The van der Waals surface area contributed by atoms with Crippen LogP contribution in [0.5, 0.6) is 0 Å². The molecule has 1 N–H and O–H groups in total. The van der Waals surface area contributed by atoms with Crippen molar-refractivity contribution >= 4 is 5.82 Å². The quantitative estimate of drug-likeness (QED) is 0.572. The molecule has 0 bridgehead atoms. The number of nitrogens with zero attached hydrogens (tertiary/aromatic N) is 2. The fourth-order valence-electron chi connectivity index (χ4n) is 0.489. The van der Waals surface area contributed by atoms with Crippen LogP contribution in [0.2, 0.25) is 0 Å². The Morgan fingerprint density at radius 1 is 1.88 bits per heavy atom. The van der Waals surface area contributed by atoms with Gasteiger partial charge in [0.05, 0.1) is 6.33 Å². The summed E-state index contributed by atoms with van der Waals surface area (Å²) in [5.41, 5.74) is 0. The summed E-state index contributed by atoms with van der Waals surface area (Å²) in [6.07, 6.45) is 3.45. The molecule has 0 fully saturated rings. The smallest absolute Gasteiger partial charge is 0.143 e. The summed E-state index contributed by atoms with van der Waals surface area (Å²) in [6.45, 7) is 0. The topological polar surface area (TPSA) is 29.9 Å². The molecule has 0 atom stereocenters. The molecule has 1 aromatic rings. The van der Waals surface area contributed by atoms with Crippen LogP contribution in [-0.4, -0.2) is 16.6 Å². The standard InChI is InChI=1S/C5H8N3/c1-6-5-3-8(2)4-7-5/h3-4,6H,2H2,1H3. The van der Waals surface area contributed by atoms with Crippen molar-refractivity contribution in [3.8, 4) is 0 Å². The van der Waals surface area contributed by atoms with Gasteiger partial charge in [-0.2, -0.15) is 0 Å². The molecule has 0 amide bonds. The number of hydrogen-bond acceptors (Lipinski definition) is 2. The lowest BCUT2D eigenvalue weighted by molar-refractivity contribution is 1.06. The van der Waals surface area contributed by atoms with Gasteiger partial charge in [0, 0.05) is 20.3 Å². The number of hydrogen-bond donors (Lipinski definition) is 1. The van der Waals surface area contributed by atoms with E-state index in [0.717, 1.165) is 5.82 Å². The first-order valence-electron chi connectivity index (χ1n) is 2.35. The average Bonchev–Trinajstić information content (AvgIpc) is 2.14. The van der Waals surface area contributed by atoms with E-state index in [1.807, 2.05) is 7.05 Å². The van der Waals surface area contributed by atoms with Crippen LogP contribution in [0.25, 0.3) is 0 Å². The first-order valence-corrected chi connectivity index (χ1v) is 2.35. The van der Waals surface area contributed by atoms with Gasteiger partial charge in [-0.05, 0) is 0 Å². The minimum absolute atomic E-state index is 0.847. The Labute approximate surface area is 48.3 Å². The van der Waals surface area contributed by atoms with Gasteiger partial charge in [-0.25, -0.2) is 4.98 Å². The van der Waals surface area contributed by atoms with Crippen LogP contribution in [-0.2, 0) is 0 Å². The first-order chi connectivity index (χ1) is 3.83. The predicted molar refractivity (Wildman–Crippen MR) is 32.5 cm³/mol. The molecule has 1 aromatic heterocycles. The maximum Gasteiger partial charge on any atom is 0.143 e. The molecule has 1 rings (SSSR count). The third-order valence-electron chi connectivity index (χ3n) is 0.889. The summed E-state index contributed by atoms with van der Waals surface area (Å²) in [6, 6.07) is 0. The number of rotatable bonds is 1. The molecule has 0 aliphatic rings. The average molecular weight is 110 g/mol. The molecule has 1 radical (unpaired) electrons. The number of aromatic nitrogens is 2. The van der Waals surface area contributed by atoms with E-state index >= 15 is 0 Å². The predicted octanol–water partition coefficient (Wildman–Crippen LogP) is 0.564. The van der Waals surface area contributed by atoms with E-state index in [1.54, 1.807) is 17.1 Å². The van der Waals surface area contributed by atoms with Crippen molar-refractivity contribution < 1.29 is 0 Å². The summed E-state index contributed by atoms with van der Waals surface area (Å²) >= 11 is 0. The van der Waals surface area contributed by atoms with Crippen molar-refractivity contribution in [2.75, 3.05) is 12.4 Å². The highest BCUT2D eigenvalue weighted by molar-refractivity contribution is 5.29. The molecule has 0 unspecified atom stereocenters. The molecule has 1 heterocycles. The van der Waals surface area contributed by atoms with Crippen LogP contribution in [0.4, 0.5) is 5.82 Å². The molecule has 0 spiro atoms. The molecule has 0 saturated heterocycles. The molecule has 43 valence electrons. The van der Waals surface area contributed by atoms with Gasteiger partial charge in [-0.3, -0.25) is 0 Å². The van der Waals surface area contributed by atoms with E-state index in [1.165, 1.54) is 0 Å². The van der Waals surface area contributed by atoms with Crippen LogP contribution in [0.15, 0.2) is 12.5 Å². The first kappa shape index (κ1) is 5.15. The van der Waals surface area contributed by atoms with E-state index in [-0.39, 0.29) is 0 Å². The van der Waals surface area contributed by atoms with Crippen molar-refractivity contribution in [2.45, 2.75) is 0 Å². The zero-order valence-corrected chi connectivity index (χ0v) is 4.76. The van der Waals surface area contributed by atoms with Crippen LogP contribution in [0.3, 0.4) is 0 Å². The van der Waals surface area contributed by atoms with Gasteiger partial charge in [0.2, 0.25) is 0 Å². The van der Waals surface area contributed by atoms with Gasteiger partial charge in [0.25, 0.3) is 0 Å². The van der Waals surface area contributed by atoms with E-state index in [9.17, 15) is 0 Å². The second kappa shape index (κ2) is 1.86. The number of nitrogens with one attached hydrogen (secondary N) is 1. The Kier molecular flexibility index (Phi) is 1.20. The molecular weight excluding hydrogens is 102 g/mol. The lowest BCUT2D eigenvalue weighted by Crippen LogP contribution is -1.85. The van der Waals surface area contributed by atoms with Crippen molar-refractivity contribution in [3.05, 3.63) is 19.6 Å². The Morgan fingerprint density at radius 2 is 2.62 bits per heavy atom. The molecule has 0 saturated carbocycles.